The molecule has 11 heteroatoms. The Morgan fingerprint density at radius 1 is 1.23 bits per heavy atom. The highest BCUT2D eigenvalue weighted by molar-refractivity contribution is 5.92. The van der Waals surface area contributed by atoms with Crippen molar-refractivity contribution >= 4 is 29.6 Å². The molecular formula is C19H26N8O3. The summed E-state index contributed by atoms with van der Waals surface area (Å²) in [7, 11) is 1.87. The molecule has 2 amide bonds. The maximum Gasteiger partial charge on any atom is 0.407 e. The van der Waals surface area contributed by atoms with Gasteiger partial charge in [0.25, 0.3) is 5.91 Å². The Morgan fingerprint density at radius 3 is 2.50 bits per heavy atom. The fourth-order valence-electron chi connectivity index (χ4n) is 4.54. The summed E-state index contributed by atoms with van der Waals surface area (Å²) in [6, 6.07) is 3.36. The molecule has 1 unspecified atom stereocenters. The van der Waals surface area contributed by atoms with Crippen LogP contribution in [-0.2, 0) is 0 Å². The van der Waals surface area contributed by atoms with Crippen LogP contribution in [0.25, 0.3) is 0 Å². The lowest BCUT2D eigenvalue weighted by Crippen LogP contribution is -2.58. The van der Waals surface area contributed by atoms with Gasteiger partial charge in [-0.15, -0.1) is 0 Å². The number of amides is 2. The van der Waals surface area contributed by atoms with Gasteiger partial charge >= 0.3 is 6.09 Å². The Kier molecular flexibility index (Phi) is 5.18. The van der Waals surface area contributed by atoms with Gasteiger partial charge in [0.1, 0.15) is 11.5 Å². The average molecular weight is 414 g/mol. The standard InChI is InChI=1S/C19H26N8O3/c1-10-6-16(25-24-10)22-15-9-14(17(20)28)21-18(23-15)26(2)13-7-11-4-3-5-12(8-13)27(11)19(29)30/h6,9,11-13H,3-5,7-8H2,1-2H3,(H2,20,28)(H,29,30)(H2,21,22,23,24,25)/t11-,12+,13?. The summed E-state index contributed by atoms with van der Waals surface area (Å²) >= 11 is 0. The molecule has 160 valence electrons. The molecule has 0 aliphatic carbocycles. The molecule has 30 heavy (non-hydrogen) atoms. The number of nitrogens with two attached hydrogens (primary N) is 1. The fourth-order valence-corrected chi connectivity index (χ4v) is 4.54. The minimum atomic E-state index is -0.849. The van der Waals surface area contributed by atoms with E-state index in [1.54, 1.807) is 4.90 Å². The quantitative estimate of drug-likeness (QED) is 0.578. The van der Waals surface area contributed by atoms with Gasteiger partial charge in [0, 0.05) is 43.0 Å². The summed E-state index contributed by atoms with van der Waals surface area (Å²) in [5, 5.41) is 19.6. The maximum absolute atomic E-state index is 11.8. The van der Waals surface area contributed by atoms with Gasteiger partial charge in [-0.1, -0.05) is 0 Å². The predicted octanol–water partition coefficient (Wildman–Crippen LogP) is 1.85. The largest absolute Gasteiger partial charge is 0.465 e. The van der Waals surface area contributed by atoms with Crippen molar-refractivity contribution < 1.29 is 14.7 Å². The molecule has 2 saturated heterocycles. The van der Waals surface area contributed by atoms with E-state index in [-0.39, 0.29) is 23.8 Å². The van der Waals surface area contributed by atoms with Crippen LogP contribution in [0.1, 0.15) is 48.3 Å². The first kappa shape index (κ1) is 19.9. The Hall–Kier alpha value is -3.37. The summed E-state index contributed by atoms with van der Waals surface area (Å²) in [5.74, 6) is 0.702. The molecule has 2 aliphatic heterocycles. The van der Waals surface area contributed by atoms with Gasteiger partial charge in [0.05, 0.1) is 0 Å². The monoisotopic (exact) mass is 414 g/mol. The highest BCUT2D eigenvalue weighted by atomic mass is 16.4. The minimum Gasteiger partial charge on any atom is -0.465 e. The smallest absolute Gasteiger partial charge is 0.407 e. The zero-order chi connectivity index (χ0) is 21.4. The first-order chi connectivity index (χ1) is 14.3. The molecule has 5 N–H and O–H groups in total. The molecule has 11 nitrogen and oxygen atoms in total. The second kappa shape index (κ2) is 7.81. The SMILES string of the molecule is Cc1cc(Nc2cc(C(N)=O)nc(N(C)C3C[C@H]4CCC[C@@H](C3)N4C(=O)O)n2)n[nH]1. The van der Waals surface area contributed by atoms with Crippen LogP contribution < -0.4 is 16.0 Å². The number of piperidine rings is 2. The number of anilines is 3. The predicted molar refractivity (Wildman–Crippen MR) is 110 cm³/mol. The van der Waals surface area contributed by atoms with E-state index in [1.807, 2.05) is 24.9 Å². The van der Waals surface area contributed by atoms with Crippen molar-refractivity contribution in [1.82, 2.24) is 25.1 Å². The number of fused-ring (bicyclic) bond motifs is 2. The molecule has 4 heterocycles. The van der Waals surface area contributed by atoms with E-state index in [4.69, 9.17) is 5.73 Å². The molecule has 2 fully saturated rings. The molecule has 3 atom stereocenters. The second-order valence-corrected chi connectivity index (χ2v) is 8.03. The number of nitrogens with one attached hydrogen (secondary N) is 2. The Balaban J connectivity index is 1.59. The zero-order valence-electron chi connectivity index (χ0n) is 17.0. The van der Waals surface area contributed by atoms with Crippen LogP contribution >= 0.6 is 0 Å². The van der Waals surface area contributed by atoms with Crippen molar-refractivity contribution in [1.29, 1.82) is 0 Å². The van der Waals surface area contributed by atoms with Crippen LogP contribution in [-0.4, -0.2) is 67.3 Å². The van der Waals surface area contributed by atoms with Gasteiger partial charge in [-0.2, -0.15) is 10.1 Å². The van der Waals surface area contributed by atoms with Crippen molar-refractivity contribution in [3.8, 4) is 0 Å². The van der Waals surface area contributed by atoms with E-state index in [0.717, 1.165) is 25.0 Å². The highest BCUT2D eigenvalue weighted by Crippen LogP contribution is 2.36. The summed E-state index contributed by atoms with van der Waals surface area (Å²) in [5.41, 5.74) is 6.47. The van der Waals surface area contributed by atoms with Crippen LogP contribution in [0.5, 0.6) is 0 Å². The molecule has 0 aromatic carbocycles. The average Bonchev–Trinajstić information content (AvgIpc) is 3.10. The van der Waals surface area contributed by atoms with Crippen molar-refractivity contribution in [2.24, 2.45) is 5.73 Å². The van der Waals surface area contributed by atoms with Gasteiger partial charge in [-0.05, 0) is 39.0 Å². The zero-order valence-corrected chi connectivity index (χ0v) is 17.0. The highest BCUT2D eigenvalue weighted by Gasteiger charge is 2.42. The van der Waals surface area contributed by atoms with Gasteiger partial charge in [0.15, 0.2) is 5.82 Å². The van der Waals surface area contributed by atoms with Crippen LogP contribution in [0, 0.1) is 6.92 Å². The number of carbonyl (C=O) groups is 2. The minimum absolute atomic E-state index is 0.00796. The second-order valence-electron chi connectivity index (χ2n) is 8.03. The van der Waals surface area contributed by atoms with Crippen LogP contribution in [0.3, 0.4) is 0 Å². The van der Waals surface area contributed by atoms with Crippen molar-refractivity contribution in [3.05, 3.63) is 23.5 Å². The number of aromatic nitrogens is 4. The summed E-state index contributed by atoms with van der Waals surface area (Å²) < 4.78 is 0. The molecule has 2 bridgehead atoms. The summed E-state index contributed by atoms with van der Waals surface area (Å²) in [6.45, 7) is 1.88. The van der Waals surface area contributed by atoms with Crippen molar-refractivity contribution in [2.75, 3.05) is 17.3 Å². The van der Waals surface area contributed by atoms with E-state index in [0.29, 0.717) is 30.4 Å². The van der Waals surface area contributed by atoms with Crippen LogP contribution in [0.15, 0.2) is 12.1 Å². The molecule has 0 spiro atoms. The number of carboxylic acid groups (broad SMARTS) is 1. The van der Waals surface area contributed by atoms with E-state index in [1.165, 1.54) is 6.07 Å². The van der Waals surface area contributed by atoms with E-state index in [9.17, 15) is 14.7 Å². The fraction of sp³-hybridized carbons (Fsp3) is 0.526. The first-order valence-electron chi connectivity index (χ1n) is 10.0. The molecule has 2 aromatic heterocycles. The molecule has 4 rings (SSSR count). The third-order valence-corrected chi connectivity index (χ3v) is 5.96. The first-order valence-corrected chi connectivity index (χ1v) is 10.0. The maximum atomic E-state index is 11.8. The van der Waals surface area contributed by atoms with Crippen LogP contribution in [0.4, 0.5) is 22.4 Å². The van der Waals surface area contributed by atoms with Crippen molar-refractivity contribution in [3.63, 3.8) is 0 Å². The Labute approximate surface area is 173 Å². The number of rotatable bonds is 5. The number of aromatic amines is 1. The Bertz CT molecular complexity index is 947. The van der Waals surface area contributed by atoms with Gasteiger partial charge in [0.2, 0.25) is 5.95 Å². The van der Waals surface area contributed by atoms with E-state index in [2.05, 4.69) is 25.5 Å². The number of hydrogen-bond donors (Lipinski definition) is 4. The normalized spacial score (nSPS) is 23.1. The van der Waals surface area contributed by atoms with Gasteiger partial charge < -0.3 is 26.0 Å². The van der Waals surface area contributed by atoms with Gasteiger partial charge in [-0.3, -0.25) is 9.89 Å². The van der Waals surface area contributed by atoms with E-state index >= 15 is 0 Å². The summed E-state index contributed by atoms with van der Waals surface area (Å²) in [4.78, 5) is 35.9. The molecular weight excluding hydrogens is 388 g/mol. The number of nitrogens with zero attached hydrogens (tertiary/aromatic N) is 5. The molecule has 0 radical (unpaired) electrons. The van der Waals surface area contributed by atoms with Gasteiger partial charge in [-0.25, -0.2) is 9.78 Å². The van der Waals surface area contributed by atoms with Crippen LogP contribution in [0.2, 0.25) is 0 Å². The Morgan fingerprint density at radius 2 is 1.93 bits per heavy atom. The third kappa shape index (κ3) is 3.87. The lowest BCUT2D eigenvalue weighted by Gasteiger charge is -2.49. The molecule has 2 aromatic rings. The number of H-pyrrole nitrogens is 1. The lowest BCUT2D eigenvalue weighted by atomic mass is 9.81. The lowest BCUT2D eigenvalue weighted by molar-refractivity contribution is 0.0351. The number of primary amides is 1. The molecule has 2 aliphatic rings. The summed E-state index contributed by atoms with van der Waals surface area (Å²) in [6.07, 6.45) is 3.32. The third-order valence-electron chi connectivity index (χ3n) is 5.96. The topological polar surface area (TPSA) is 153 Å². The number of aryl methyl sites for hydroxylation is 1. The number of carbonyl (C=O) groups excluding carboxylic acids is 1. The molecule has 0 saturated carbocycles. The number of hydrogen-bond acceptors (Lipinski definition) is 7. The van der Waals surface area contributed by atoms with E-state index < -0.39 is 12.0 Å². The van der Waals surface area contributed by atoms with Crippen molar-refractivity contribution in [2.45, 2.75) is 57.2 Å².